The highest BCUT2D eigenvalue weighted by atomic mass is 35.5. The number of thiazole rings is 1. The zero-order valence-corrected chi connectivity index (χ0v) is 16.3. The second kappa shape index (κ2) is 7.98. The lowest BCUT2D eigenvalue weighted by molar-refractivity contribution is -0.137. The van der Waals surface area contributed by atoms with Crippen molar-refractivity contribution in [3.05, 3.63) is 63.0 Å². The SMILES string of the molecule is NC(=O)Cc1sc(Nc2cccc(C(F)(F)F)c2)nc1-c1ccc(Cl)cc1Cl. The minimum atomic E-state index is -4.46. The molecule has 1 heterocycles. The minimum Gasteiger partial charge on any atom is -0.369 e. The van der Waals surface area contributed by atoms with Crippen LogP contribution >= 0.6 is 34.5 Å². The molecule has 0 saturated heterocycles. The second-order valence-electron chi connectivity index (χ2n) is 5.76. The van der Waals surface area contributed by atoms with E-state index in [1.54, 1.807) is 12.1 Å². The number of alkyl halides is 3. The summed E-state index contributed by atoms with van der Waals surface area (Å²) < 4.78 is 38.7. The van der Waals surface area contributed by atoms with E-state index in [-0.39, 0.29) is 12.1 Å². The van der Waals surface area contributed by atoms with Gasteiger partial charge in [0.15, 0.2) is 5.13 Å². The van der Waals surface area contributed by atoms with Gasteiger partial charge in [-0.3, -0.25) is 4.79 Å². The molecule has 0 spiro atoms. The van der Waals surface area contributed by atoms with Crippen LogP contribution in [0.2, 0.25) is 10.0 Å². The molecule has 3 N–H and O–H groups in total. The molecule has 146 valence electrons. The molecule has 10 heteroatoms. The monoisotopic (exact) mass is 445 g/mol. The molecule has 3 rings (SSSR count). The first kappa shape index (κ1) is 20.4. The van der Waals surface area contributed by atoms with E-state index < -0.39 is 17.6 Å². The molecule has 0 unspecified atom stereocenters. The van der Waals surface area contributed by atoms with Gasteiger partial charge in [-0.25, -0.2) is 4.98 Å². The van der Waals surface area contributed by atoms with Gasteiger partial charge in [-0.05, 0) is 36.4 Å². The van der Waals surface area contributed by atoms with Gasteiger partial charge in [-0.1, -0.05) is 29.3 Å². The molecule has 0 saturated carbocycles. The molecule has 0 fully saturated rings. The number of nitrogens with two attached hydrogens (primary N) is 1. The van der Waals surface area contributed by atoms with E-state index >= 15 is 0 Å². The summed E-state index contributed by atoms with van der Waals surface area (Å²) in [5.74, 6) is -0.569. The van der Waals surface area contributed by atoms with E-state index in [4.69, 9.17) is 28.9 Å². The van der Waals surface area contributed by atoms with Crippen LogP contribution in [0, 0.1) is 0 Å². The third kappa shape index (κ3) is 4.76. The number of carbonyl (C=O) groups is 1. The molecule has 28 heavy (non-hydrogen) atoms. The molecule has 0 atom stereocenters. The van der Waals surface area contributed by atoms with Gasteiger partial charge < -0.3 is 11.1 Å². The summed E-state index contributed by atoms with van der Waals surface area (Å²) in [5.41, 5.74) is 5.68. The molecule has 0 aliphatic heterocycles. The summed E-state index contributed by atoms with van der Waals surface area (Å²) in [6.45, 7) is 0. The first-order chi connectivity index (χ1) is 13.1. The third-order valence-electron chi connectivity index (χ3n) is 3.66. The van der Waals surface area contributed by atoms with Gasteiger partial charge in [0.05, 0.1) is 22.7 Å². The topological polar surface area (TPSA) is 68.0 Å². The third-order valence-corrected chi connectivity index (χ3v) is 5.18. The van der Waals surface area contributed by atoms with Crippen molar-refractivity contribution in [1.82, 2.24) is 4.98 Å². The zero-order chi connectivity index (χ0) is 20.5. The summed E-state index contributed by atoms with van der Waals surface area (Å²) in [4.78, 5) is 16.4. The molecule has 2 aromatic carbocycles. The van der Waals surface area contributed by atoms with Gasteiger partial charge in [0, 0.05) is 21.2 Å². The molecule has 1 amide bonds. The molecule has 0 bridgehead atoms. The predicted molar refractivity (Wildman–Crippen MR) is 105 cm³/mol. The van der Waals surface area contributed by atoms with Crippen LogP contribution in [0.4, 0.5) is 24.0 Å². The van der Waals surface area contributed by atoms with Crippen LogP contribution in [0.5, 0.6) is 0 Å². The number of nitrogens with zero attached hydrogens (tertiary/aromatic N) is 1. The molecule has 0 aliphatic rings. The van der Waals surface area contributed by atoms with Crippen molar-refractivity contribution < 1.29 is 18.0 Å². The van der Waals surface area contributed by atoms with Gasteiger partial charge in [0.1, 0.15) is 0 Å². The van der Waals surface area contributed by atoms with Crippen LogP contribution in [-0.4, -0.2) is 10.9 Å². The number of carbonyl (C=O) groups excluding carboxylic acids is 1. The number of rotatable bonds is 5. The Kier molecular flexibility index (Phi) is 5.83. The summed E-state index contributed by atoms with van der Waals surface area (Å²) in [5, 5.41) is 3.90. The van der Waals surface area contributed by atoms with Crippen molar-refractivity contribution in [2.45, 2.75) is 12.6 Å². The lowest BCUT2D eigenvalue weighted by atomic mass is 10.1. The standard InChI is InChI=1S/C18H12Cl2F3N3OS/c19-10-4-5-12(13(20)7-10)16-14(8-15(24)27)28-17(26-16)25-11-3-1-2-9(6-11)18(21,22)23/h1-7H,8H2,(H2,24,27)(H,25,26). The molecule has 0 aliphatic carbocycles. The summed E-state index contributed by atoms with van der Waals surface area (Å²) >= 11 is 13.3. The average molecular weight is 446 g/mol. The lowest BCUT2D eigenvalue weighted by Crippen LogP contribution is -2.13. The fourth-order valence-electron chi connectivity index (χ4n) is 2.47. The lowest BCUT2D eigenvalue weighted by Gasteiger charge is -2.09. The van der Waals surface area contributed by atoms with Crippen LogP contribution in [0.1, 0.15) is 10.4 Å². The Morgan fingerprint density at radius 3 is 2.57 bits per heavy atom. The van der Waals surface area contributed by atoms with Crippen molar-refractivity contribution in [1.29, 1.82) is 0 Å². The maximum atomic E-state index is 12.9. The molecule has 4 nitrogen and oxygen atoms in total. The maximum Gasteiger partial charge on any atom is 0.416 e. The van der Waals surface area contributed by atoms with E-state index in [2.05, 4.69) is 10.3 Å². The number of nitrogens with one attached hydrogen (secondary N) is 1. The highest BCUT2D eigenvalue weighted by Crippen LogP contribution is 2.38. The van der Waals surface area contributed by atoms with Crippen LogP contribution in [-0.2, 0) is 17.4 Å². The number of halogens is 5. The molecule has 0 radical (unpaired) electrons. The number of primary amides is 1. The Hall–Kier alpha value is -2.29. The van der Waals surface area contributed by atoms with Crippen molar-refractivity contribution in [2.75, 3.05) is 5.32 Å². The predicted octanol–water partition coefficient (Wildman–Crippen LogP) is 5.91. The first-order valence-corrected chi connectivity index (χ1v) is 9.38. The van der Waals surface area contributed by atoms with Crippen LogP contribution < -0.4 is 11.1 Å². The van der Waals surface area contributed by atoms with Crippen molar-refractivity contribution >= 4 is 51.3 Å². The minimum absolute atomic E-state index is 0.0871. The van der Waals surface area contributed by atoms with Crippen molar-refractivity contribution in [3.8, 4) is 11.3 Å². The Labute approximate surface area is 172 Å². The molecular weight excluding hydrogens is 434 g/mol. The van der Waals surface area contributed by atoms with E-state index in [0.717, 1.165) is 23.5 Å². The van der Waals surface area contributed by atoms with E-state index in [0.29, 0.717) is 31.3 Å². The number of benzene rings is 2. The fourth-order valence-corrected chi connectivity index (χ4v) is 3.98. The van der Waals surface area contributed by atoms with E-state index in [1.807, 2.05) is 0 Å². The Balaban J connectivity index is 1.99. The number of aromatic nitrogens is 1. The smallest absolute Gasteiger partial charge is 0.369 e. The Bertz CT molecular complexity index is 1040. The normalized spacial score (nSPS) is 11.5. The van der Waals surface area contributed by atoms with Crippen molar-refractivity contribution in [3.63, 3.8) is 0 Å². The summed E-state index contributed by atoms with van der Waals surface area (Å²) in [7, 11) is 0. The Morgan fingerprint density at radius 1 is 1.18 bits per heavy atom. The van der Waals surface area contributed by atoms with Crippen molar-refractivity contribution in [2.24, 2.45) is 5.73 Å². The molecular formula is C18H12Cl2F3N3OS. The van der Waals surface area contributed by atoms with E-state index in [1.165, 1.54) is 18.2 Å². The van der Waals surface area contributed by atoms with E-state index in [9.17, 15) is 18.0 Å². The molecule has 3 aromatic rings. The average Bonchev–Trinajstić information content (AvgIpc) is 2.95. The largest absolute Gasteiger partial charge is 0.416 e. The van der Waals surface area contributed by atoms with Crippen LogP contribution in [0.25, 0.3) is 11.3 Å². The number of amides is 1. The number of anilines is 2. The quantitative estimate of drug-likeness (QED) is 0.512. The van der Waals surface area contributed by atoms with Gasteiger partial charge in [-0.2, -0.15) is 13.2 Å². The van der Waals surface area contributed by atoms with Gasteiger partial charge in [0.2, 0.25) is 5.91 Å². The summed E-state index contributed by atoms with van der Waals surface area (Å²) in [6, 6.07) is 9.54. The highest BCUT2D eigenvalue weighted by molar-refractivity contribution is 7.16. The summed E-state index contributed by atoms with van der Waals surface area (Å²) in [6.07, 6.45) is -4.55. The number of hydrogen-bond donors (Lipinski definition) is 2. The first-order valence-electron chi connectivity index (χ1n) is 7.81. The Morgan fingerprint density at radius 2 is 1.93 bits per heavy atom. The highest BCUT2D eigenvalue weighted by Gasteiger charge is 2.30. The second-order valence-corrected chi connectivity index (χ2v) is 7.69. The van der Waals surface area contributed by atoms with Gasteiger partial charge in [-0.15, -0.1) is 11.3 Å². The molecule has 1 aromatic heterocycles. The van der Waals surface area contributed by atoms with Crippen LogP contribution in [0.15, 0.2) is 42.5 Å². The number of hydrogen-bond acceptors (Lipinski definition) is 4. The van der Waals surface area contributed by atoms with Gasteiger partial charge >= 0.3 is 6.18 Å². The van der Waals surface area contributed by atoms with Gasteiger partial charge in [0.25, 0.3) is 0 Å². The zero-order valence-electron chi connectivity index (χ0n) is 14.0. The van der Waals surface area contributed by atoms with Crippen LogP contribution in [0.3, 0.4) is 0 Å². The fraction of sp³-hybridized carbons (Fsp3) is 0.111. The maximum absolute atomic E-state index is 12.9.